The van der Waals surface area contributed by atoms with Gasteiger partial charge in [-0.15, -0.1) is 0 Å². The summed E-state index contributed by atoms with van der Waals surface area (Å²) in [6.45, 7) is 8.67. The summed E-state index contributed by atoms with van der Waals surface area (Å²) >= 11 is 0. The number of pyridine rings is 1. The Balaban J connectivity index is 0.000000301. The molecule has 9 nitrogen and oxygen atoms in total. The van der Waals surface area contributed by atoms with Gasteiger partial charge < -0.3 is 24.7 Å². The number of hydrogen-bond acceptors (Lipinski definition) is 6. The van der Waals surface area contributed by atoms with Gasteiger partial charge in [0.2, 0.25) is 5.91 Å². The molecule has 0 aromatic carbocycles. The number of alkyl halides is 6. The third-order valence-electron chi connectivity index (χ3n) is 6.64. The molecule has 2 N–H and O–H groups in total. The largest absolute Gasteiger partial charge is 0.490 e. The van der Waals surface area contributed by atoms with Gasteiger partial charge >= 0.3 is 24.3 Å². The number of rotatable bonds is 4. The summed E-state index contributed by atoms with van der Waals surface area (Å²) in [5, 5.41) is 14.2. The van der Waals surface area contributed by atoms with Crippen molar-refractivity contribution < 1.29 is 55.7 Å². The van der Waals surface area contributed by atoms with Crippen molar-refractivity contribution in [2.24, 2.45) is 17.3 Å². The normalized spacial score (nSPS) is 25.6. The number of aliphatic carboxylic acids is 2. The molecule has 3 atom stereocenters. The fraction of sp³-hybridized carbons (Fsp3) is 0.652. The average molecular weight is 557 g/mol. The number of carbonyl (C=O) groups excluding carboxylic acids is 1. The van der Waals surface area contributed by atoms with Crippen LogP contribution in [0.2, 0.25) is 0 Å². The molecule has 15 heteroatoms. The van der Waals surface area contributed by atoms with E-state index in [1.54, 1.807) is 6.20 Å². The molecule has 0 aliphatic carbocycles. The Morgan fingerprint density at radius 3 is 2.24 bits per heavy atom. The van der Waals surface area contributed by atoms with E-state index in [1.807, 2.05) is 17.2 Å². The summed E-state index contributed by atoms with van der Waals surface area (Å²) in [5.41, 5.74) is 0.954. The average Bonchev–Trinajstić information content (AvgIpc) is 3.51. The Morgan fingerprint density at radius 1 is 1.16 bits per heavy atom. The van der Waals surface area contributed by atoms with Gasteiger partial charge in [0.15, 0.2) is 0 Å². The van der Waals surface area contributed by atoms with Crippen LogP contribution in [0.5, 0.6) is 0 Å². The number of nitrogens with zero attached hydrogens (tertiary/aromatic N) is 3. The van der Waals surface area contributed by atoms with Crippen LogP contribution in [0, 0.1) is 17.3 Å². The zero-order valence-electron chi connectivity index (χ0n) is 20.5. The number of hydrogen-bond donors (Lipinski definition) is 2. The van der Waals surface area contributed by atoms with Gasteiger partial charge in [0.1, 0.15) is 0 Å². The smallest absolute Gasteiger partial charge is 0.475 e. The maximum Gasteiger partial charge on any atom is 0.490 e. The first-order valence-electron chi connectivity index (χ1n) is 11.6. The fourth-order valence-corrected chi connectivity index (χ4v) is 4.74. The zero-order chi connectivity index (χ0) is 28.7. The van der Waals surface area contributed by atoms with E-state index in [-0.39, 0.29) is 5.41 Å². The van der Waals surface area contributed by atoms with Crippen molar-refractivity contribution >= 4 is 17.8 Å². The molecule has 1 amide bonds. The van der Waals surface area contributed by atoms with Crippen LogP contribution in [-0.2, 0) is 25.7 Å². The highest BCUT2D eigenvalue weighted by atomic mass is 19.4. The lowest BCUT2D eigenvalue weighted by Gasteiger charge is -2.27. The molecule has 1 aromatic heterocycles. The minimum Gasteiger partial charge on any atom is -0.475 e. The molecular weight excluding hydrogens is 528 g/mol. The number of amides is 1. The van der Waals surface area contributed by atoms with Gasteiger partial charge in [-0.25, -0.2) is 9.59 Å². The van der Waals surface area contributed by atoms with Crippen molar-refractivity contribution in [1.29, 1.82) is 0 Å². The van der Waals surface area contributed by atoms with E-state index in [9.17, 15) is 31.1 Å². The molecule has 3 aliphatic heterocycles. The highest BCUT2D eigenvalue weighted by Crippen LogP contribution is 2.45. The lowest BCUT2D eigenvalue weighted by Crippen LogP contribution is -2.39. The van der Waals surface area contributed by atoms with Crippen molar-refractivity contribution in [3.05, 3.63) is 30.1 Å². The second-order valence-electron chi connectivity index (χ2n) is 9.42. The quantitative estimate of drug-likeness (QED) is 0.543. The van der Waals surface area contributed by atoms with Crippen LogP contribution in [0.25, 0.3) is 0 Å². The summed E-state index contributed by atoms with van der Waals surface area (Å²) in [6.07, 6.45) is -4.37. The van der Waals surface area contributed by atoms with E-state index in [4.69, 9.17) is 24.5 Å². The van der Waals surface area contributed by atoms with Gasteiger partial charge in [-0.3, -0.25) is 9.78 Å². The maximum atomic E-state index is 13.2. The van der Waals surface area contributed by atoms with Crippen molar-refractivity contribution in [3.8, 4) is 0 Å². The first kappa shape index (κ1) is 31.3. The molecule has 0 saturated carbocycles. The maximum absolute atomic E-state index is 13.2. The lowest BCUT2D eigenvalue weighted by atomic mass is 9.78. The molecule has 2 unspecified atom stereocenters. The highest BCUT2D eigenvalue weighted by Gasteiger charge is 2.55. The molecule has 3 saturated heterocycles. The topological polar surface area (TPSA) is 120 Å². The highest BCUT2D eigenvalue weighted by molar-refractivity contribution is 5.86. The number of aromatic nitrogens is 1. The van der Waals surface area contributed by atoms with E-state index in [1.165, 1.54) is 6.42 Å². The van der Waals surface area contributed by atoms with Crippen molar-refractivity contribution in [3.63, 3.8) is 0 Å². The van der Waals surface area contributed by atoms with E-state index >= 15 is 0 Å². The number of carboxylic acid groups (broad SMARTS) is 2. The molecule has 38 heavy (non-hydrogen) atoms. The van der Waals surface area contributed by atoms with Crippen molar-refractivity contribution in [2.45, 2.75) is 38.7 Å². The van der Waals surface area contributed by atoms with Crippen LogP contribution < -0.4 is 0 Å². The summed E-state index contributed by atoms with van der Waals surface area (Å²) in [6, 6.07) is 3.99. The number of carbonyl (C=O) groups is 3. The van der Waals surface area contributed by atoms with Crippen LogP contribution in [0.3, 0.4) is 0 Å². The number of ether oxygens (including phenoxy) is 1. The molecule has 3 aliphatic rings. The van der Waals surface area contributed by atoms with Gasteiger partial charge in [-0.1, -0.05) is 13.0 Å². The standard InChI is InChI=1S/C19H27N3O2.2C2HF3O2/c1-15-10-21(11-17-4-8-24-13-17)14-19(15)5-7-22(18(19)23)12-16-3-2-6-20-9-16;2*3-2(4,5)1(6)7/h2-3,6,9,15,17H,4-5,7-8,10-14H2,1H3;2*(H,6,7)/t15-,17?,19?;;/m1../s1. The predicted molar refractivity (Wildman–Crippen MR) is 119 cm³/mol. The second kappa shape index (κ2) is 12.7. The molecule has 214 valence electrons. The summed E-state index contributed by atoms with van der Waals surface area (Å²) < 4.78 is 69.0. The third kappa shape index (κ3) is 8.55. The minimum atomic E-state index is -5.08. The second-order valence-corrected chi connectivity index (χ2v) is 9.42. The molecule has 1 aromatic rings. The summed E-state index contributed by atoms with van der Waals surface area (Å²) in [5.74, 6) is -4.08. The predicted octanol–water partition coefficient (Wildman–Crippen LogP) is 3.06. The number of carboxylic acids is 2. The van der Waals surface area contributed by atoms with Crippen LogP contribution >= 0.6 is 0 Å². The van der Waals surface area contributed by atoms with E-state index < -0.39 is 24.3 Å². The van der Waals surface area contributed by atoms with Crippen LogP contribution in [0.15, 0.2) is 24.5 Å². The summed E-state index contributed by atoms with van der Waals surface area (Å²) in [4.78, 5) is 39.7. The molecular formula is C23H29F6N3O6. The number of likely N-dealkylation sites (tertiary alicyclic amines) is 2. The first-order chi connectivity index (χ1) is 17.6. The zero-order valence-corrected chi connectivity index (χ0v) is 20.5. The lowest BCUT2D eigenvalue weighted by molar-refractivity contribution is -0.193. The first-order valence-corrected chi connectivity index (χ1v) is 11.6. The van der Waals surface area contributed by atoms with E-state index in [2.05, 4.69) is 22.9 Å². The SMILES string of the molecule is C[C@@H]1CN(CC2CCOC2)CC12CCN(Cc1cccnc1)C2=O.O=C(O)C(F)(F)F.O=C(O)C(F)(F)F. The van der Waals surface area contributed by atoms with E-state index in [0.717, 1.165) is 51.4 Å². The molecule has 0 bridgehead atoms. The minimum absolute atomic E-state index is 0.165. The molecule has 1 spiro atoms. The van der Waals surface area contributed by atoms with Gasteiger partial charge in [-0.2, -0.15) is 26.3 Å². The van der Waals surface area contributed by atoms with Crippen molar-refractivity contribution in [2.75, 3.05) is 39.4 Å². The molecule has 0 radical (unpaired) electrons. The van der Waals surface area contributed by atoms with E-state index in [0.29, 0.717) is 24.3 Å². The van der Waals surface area contributed by atoms with Gasteiger partial charge in [-0.05, 0) is 36.3 Å². The molecule has 4 rings (SSSR count). The number of halogens is 6. The Hall–Kier alpha value is -2.94. The van der Waals surface area contributed by atoms with Gasteiger partial charge in [0, 0.05) is 51.7 Å². The Bertz CT molecular complexity index is 931. The Morgan fingerprint density at radius 2 is 1.76 bits per heavy atom. The van der Waals surface area contributed by atoms with Crippen LogP contribution in [0.4, 0.5) is 26.3 Å². The molecule has 3 fully saturated rings. The van der Waals surface area contributed by atoms with Gasteiger partial charge in [0.25, 0.3) is 0 Å². The van der Waals surface area contributed by atoms with Gasteiger partial charge in [0.05, 0.1) is 12.0 Å². The van der Waals surface area contributed by atoms with Crippen molar-refractivity contribution in [1.82, 2.24) is 14.8 Å². The monoisotopic (exact) mass is 557 g/mol. The van der Waals surface area contributed by atoms with Crippen LogP contribution in [-0.4, -0.2) is 94.6 Å². The third-order valence-corrected chi connectivity index (χ3v) is 6.64. The fourth-order valence-electron chi connectivity index (χ4n) is 4.74. The van der Waals surface area contributed by atoms with Crippen LogP contribution in [0.1, 0.15) is 25.3 Å². The Kier molecular flexibility index (Phi) is 10.5. The molecule has 4 heterocycles. The Labute approximate surface area is 214 Å². The summed E-state index contributed by atoms with van der Waals surface area (Å²) in [7, 11) is 0.